The molecule has 0 amide bonds. The monoisotopic (exact) mass is 628 g/mol. The van der Waals surface area contributed by atoms with Crippen LogP contribution in [0, 0.1) is 0 Å². The summed E-state index contributed by atoms with van der Waals surface area (Å²) >= 11 is 0. The molecular weight excluding hydrogens is 624 g/mol. The summed E-state index contributed by atoms with van der Waals surface area (Å²) in [6, 6.07) is -2.82. The van der Waals surface area contributed by atoms with Crippen molar-refractivity contribution >= 4 is 7.12 Å². The second kappa shape index (κ2) is 10.1. The van der Waals surface area contributed by atoms with Crippen LogP contribution in [0.2, 0.25) is 0 Å². The molecule has 3 aromatic heterocycles. The van der Waals surface area contributed by atoms with Crippen molar-refractivity contribution in [2.24, 2.45) is 0 Å². The predicted molar refractivity (Wildman–Crippen MR) is 90.0 cm³/mol. The molecule has 41 heavy (non-hydrogen) atoms. The fraction of sp³-hybridized carbons (Fsp3) is 0.400. The van der Waals surface area contributed by atoms with E-state index in [1.807, 2.05) is 0 Å². The van der Waals surface area contributed by atoms with E-state index in [0.29, 0.717) is 0 Å². The first kappa shape index (κ1) is 34.2. The number of aromatic nitrogens is 6. The molecule has 0 spiro atoms. The van der Waals surface area contributed by atoms with Crippen molar-refractivity contribution in [2.75, 3.05) is 0 Å². The maximum absolute atomic E-state index is 13.6. The molecule has 0 unspecified atom stereocenters. The molecule has 6 nitrogen and oxygen atoms in total. The van der Waals surface area contributed by atoms with E-state index in [0.717, 1.165) is 0 Å². The first-order valence-corrected chi connectivity index (χ1v) is 9.52. The van der Waals surface area contributed by atoms with Crippen LogP contribution in [0.15, 0.2) is 18.2 Å². The summed E-state index contributed by atoms with van der Waals surface area (Å²) in [5.74, 6) is 0. The molecule has 0 aliphatic carbocycles. The normalized spacial score (nSPS) is 14.1. The van der Waals surface area contributed by atoms with Crippen LogP contribution in [0.1, 0.15) is 34.2 Å². The SMILES string of the molecule is FC(F)(F)c1cc(C(F)(F)F)n([BH-](n2nc(C(F)(F)F)cc2C(F)(F)F)n2nc(C(F)(F)F)cc2C(F)(F)F)n1.[Li+]. The molecule has 0 radical (unpaired) electrons. The van der Waals surface area contributed by atoms with Crippen LogP contribution in [-0.4, -0.2) is 36.2 Å². The van der Waals surface area contributed by atoms with Crippen LogP contribution >= 0.6 is 0 Å². The summed E-state index contributed by atoms with van der Waals surface area (Å²) < 4.78 is 237. The molecule has 0 fully saturated rings. The van der Waals surface area contributed by atoms with Gasteiger partial charge in [-0.3, -0.25) is 0 Å². The van der Waals surface area contributed by atoms with Crippen LogP contribution in [0.3, 0.4) is 0 Å². The summed E-state index contributed by atoms with van der Waals surface area (Å²) in [5, 5.41) is 6.84. The van der Waals surface area contributed by atoms with E-state index in [9.17, 15) is 79.0 Å². The molecule has 0 bridgehead atoms. The van der Waals surface area contributed by atoms with E-state index >= 15 is 0 Å². The molecule has 3 rings (SSSR count). The summed E-state index contributed by atoms with van der Waals surface area (Å²) in [6.45, 7) is 0. The number of halogens is 18. The molecule has 0 saturated carbocycles. The number of hydrogen-bond donors (Lipinski definition) is 0. The second-order valence-corrected chi connectivity index (χ2v) is 7.65. The Morgan fingerprint density at radius 3 is 0.732 bits per heavy atom. The minimum atomic E-state index is -6.13. The summed E-state index contributed by atoms with van der Waals surface area (Å²) in [4.78, 5) is 0. The van der Waals surface area contributed by atoms with Gasteiger partial charge in [-0.05, 0) is 18.2 Å². The largest absolute Gasteiger partial charge is 1.00 e. The Balaban J connectivity index is 0.00000588. The molecule has 0 N–H and O–H groups in total. The van der Waals surface area contributed by atoms with E-state index in [1.165, 1.54) is 0 Å². The first-order valence-electron chi connectivity index (χ1n) is 9.52. The zero-order valence-electron chi connectivity index (χ0n) is 18.9. The zero-order chi connectivity index (χ0) is 31.0. The van der Waals surface area contributed by atoms with Crippen molar-refractivity contribution in [1.29, 1.82) is 0 Å². The van der Waals surface area contributed by atoms with Gasteiger partial charge in [0.25, 0.3) is 0 Å². The van der Waals surface area contributed by atoms with Crippen molar-refractivity contribution in [3.63, 3.8) is 0 Å². The van der Waals surface area contributed by atoms with Crippen molar-refractivity contribution in [3.8, 4) is 0 Å². The van der Waals surface area contributed by atoms with E-state index < -0.39 is 110 Å². The molecule has 0 atom stereocenters. The van der Waals surface area contributed by atoms with Crippen molar-refractivity contribution in [3.05, 3.63) is 52.4 Å². The van der Waals surface area contributed by atoms with Gasteiger partial charge in [0.05, 0.1) is 0 Å². The number of nitrogens with zero attached hydrogens (tertiary/aromatic N) is 6. The van der Waals surface area contributed by atoms with Crippen LogP contribution in [0.5, 0.6) is 0 Å². The maximum Gasteiger partial charge on any atom is 1.00 e. The van der Waals surface area contributed by atoms with Gasteiger partial charge in [-0.1, -0.05) is 0 Å². The first-order chi connectivity index (χ1) is 17.6. The molecular formula is C15H4BF18LiN6. The molecule has 0 aliphatic heterocycles. The molecule has 3 aromatic rings. The average Bonchev–Trinajstić information content (AvgIpc) is 3.42. The molecule has 0 aliphatic rings. The number of alkyl halides is 18. The van der Waals surface area contributed by atoms with Gasteiger partial charge < -0.3 is 13.8 Å². The Kier molecular flexibility index (Phi) is 8.42. The van der Waals surface area contributed by atoms with Crippen LogP contribution in [0.4, 0.5) is 79.0 Å². The third kappa shape index (κ3) is 6.92. The Hall–Kier alpha value is -2.97. The van der Waals surface area contributed by atoms with E-state index in [4.69, 9.17) is 0 Å². The Morgan fingerprint density at radius 1 is 0.390 bits per heavy atom. The van der Waals surface area contributed by atoms with Gasteiger partial charge in [-0.25, -0.2) is 15.3 Å². The standard InChI is InChI=1S/C15H4BF18N6.Li/c17-10(18,19)4-1-7(13(26,27)28)38(35-4)16(39-8(14(29,30)31)2-5(36-39)11(20,21)22)40-9(15(32,33)34)3-6(37-40)12(23,24)25;/h1-3,16H;/q-1;+1. The molecule has 3 heterocycles. The van der Waals surface area contributed by atoms with Crippen LogP contribution in [0.25, 0.3) is 0 Å². The van der Waals surface area contributed by atoms with Crippen molar-refractivity contribution in [1.82, 2.24) is 29.1 Å². The van der Waals surface area contributed by atoms with Crippen LogP contribution < -0.4 is 18.9 Å². The predicted octanol–water partition coefficient (Wildman–Crippen LogP) is 3.05. The minimum absolute atomic E-state index is 0. The van der Waals surface area contributed by atoms with Gasteiger partial charge in [0.1, 0.15) is 17.1 Å². The van der Waals surface area contributed by atoms with E-state index in [2.05, 4.69) is 15.3 Å². The van der Waals surface area contributed by atoms with Gasteiger partial charge in [0.15, 0.2) is 17.1 Å². The minimum Gasteiger partial charge on any atom is -0.392 e. The molecule has 224 valence electrons. The van der Waals surface area contributed by atoms with Gasteiger partial charge in [-0.15, -0.1) is 0 Å². The van der Waals surface area contributed by atoms with Crippen LogP contribution in [-0.2, 0) is 37.1 Å². The van der Waals surface area contributed by atoms with Gasteiger partial charge in [0.2, 0.25) is 0 Å². The maximum atomic E-state index is 13.6. The fourth-order valence-corrected chi connectivity index (χ4v) is 3.38. The Bertz CT molecular complexity index is 1220. The van der Waals surface area contributed by atoms with Gasteiger partial charge in [-0.2, -0.15) is 79.0 Å². The summed E-state index contributed by atoms with van der Waals surface area (Å²) in [6.07, 6.45) is -36.1. The third-order valence-corrected chi connectivity index (χ3v) is 4.89. The summed E-state index contributed by atoms with van der Waals surface area (Å²) in [7, 11) is -5.30. The Morgan fingerprint density at radius 2 is 0.585 bits per heavy atom. The average molecular weight is 628 g/mol. The Labute approximate surface area is 224 Å². The van der Waals surface area contributed by atoms with Gasteiger partial charge in [0, 0.05) is 0 Å². The smallest absolute Gasteiger partial charge is 0.392 e. The zero-order valence-corrected chi connectivity index (χ0v) is 18.9. The van der Waals surface area contributed by atoms with Crippen molar-refractivity contribution in [2.45, 2.75) is 37.1 Å². The number of rotatable bonds is 3. The second-order valence-electron chi connectivity index (χ2n) is 7.65. The molecule has 0 saturated heterocycles. The van der Waals surface area contributed by atoms with E-state index in [-0.39, 0.29) is 18.9 Å². The topological polar surface area (TPSA) is 53.5 Å². The summed E-state index contributed by atoms with van der Waals surface area (Å²) in [5.41, 5.74) is -16.3. The third-order valence-electron chi connectivity index (χ3n) is 4.89. The molecule has 0 aromatic carbocycles. The van der Waals surface area contributed by atoms with Gasteiger partial charge >= 0.3 is 63.0 Å². The quantitative estimate of drug-likeness (QED) is 0.332. The fourth-order valence-electron chi connectivity index (χ4n) is 3.38. The molecule has 26 heteroatoms. The number of hydrogen-bond acceptors (Lipinski definition) is 3. The van der Waals surface area contributed by atoms with E-state index in [1.54, 1.807) is 0 Å². The van der Waals surface area contributed by atoms with Crippen molar-refractivity contribution < 1.29 is 97.9 Å².